The number of halogens is 3. The van der Waals surface area contributed by atoms with E-state index in [2.05, 4.69) is 46.3 Å². The largest absolute Gasteiger partial charge is 0.468 e. The van der Waals surface area contributed by atoms with Crippen LogP contribution in [0.15, 0.2) is 106 Å². The molecule has 3 aromatic heterocycles. The fourth-order valence-corrected chi connectivity index (χ4v) is 6.25. The van der Waals surface area contributed by atoms with Crippen LogP contribution < -0.4 is 0 Å². The SMILES string of the molecule is FC(F)(F)c1cccc(SN(CCc2csc3nc(-c4ccc5ccccc5c4)cn23)Cc2ccco2)c1. The van der Waals surface area contributed by atoms with Crippen LogP contribution in [0.3, 0.4) is 0 Å². The van der Waals surface area contributed by atoms with Crippen molar-refractivity contribution < 1.29 is 17.6 Å². The predicted octanol–water partition coefficient (Wildman–Crippen LogP) is 8.58. The fraction of sp³-hybridized carbons (Fsp3) is 0.138. The Morgan fingerprint density at radius 1 is 0.947 bits per heavy atom. The number of hydrogen-bond acceptors (Lipinski definition) is 5. The maximum atomic E-state index is 13.2. The molecule has 6 aromatic rings. The highest BCUT2D eigenvalue weighted by atomic mass is 32.2. The number of thiazole rings is 1. The molecule has 38 heavy (non-hydrogen) atoms. The molecule has 0 saturated carbocycles. The molecular formula is C29H22F3N3OS2. The lowest BCUT2D eigenvalue weighted by molar-refractivity contribution is -0.137. The Bertz CT molecular complexity index is 1690. The van der Waals surface area contributed by atoms with Crippen molar-refractivity contribution >= 4 is 39.0 Å². The van der Waals surface area contributed by atoms with Gasteiger partial charge in [0.25, 0.3) is 0 Å². The molecule has 4 nitrogen and oxygen atoms in total. The second kappa shape index (κ2) is 10.3. The summed E-state index contributed by atoms with van der Waals surface area (Å²) in [6.45, 7) is 1.07. The minimum Gasteiger partial charge on any atom is -0.468 e. The molecule has 0 bridgehead atoms. The van der Waals surface area contributed by atoms with Crippen LogP contribution in [0.2, 0.25) is 0 Å². The van der Waals surface area contributed by atoms with E-state index in [1.165, 1.54) is 34.9 Å². The number of rotatable bonds is 8. The van der Waals surface area contributed by atoms with Gasteiger partial charge in [-0.3, -0.25) is 4.40 Å². The van der Waals surface area contributed by atoms with E-state index in [9.17, 15) is 13.2 Å². The van der Waals surface area contributed by atoms with Crippen LogP contribution >= 0.6 is 23.3 Å². The number of nitrogens with zero attached hydrogens (tertiary/aromatic N) is 3. The van der Waals surface area contributed by atoms with Crippen LogP contribution in [-0.4, -0.2) is 20.2 Å². The summed E-state index contributed by atoms with van der Waals surface area (Å²) in [7, 11) is 0. The maximum absolute atomic E-state index is 13.2. The molecule has 0 atom stereocenters. The minimum atomic E-state index is -4.38. The normalized spacial score (nSPS) is 12.2. The van der Waals surface area contributed by atoms with Crippen LogP contribution in [0.4, 0.5) is 13.2 Å². The van der Waals surface area contributed by atoms with Crippen LogP contribution in [-0.2, 0) is 19.1 Å². The highest BCUT2D eigenvalue weighted by molar-refractivity contribution is 7.97. The molecule has 9 heteroatoms. The molecule has 0 aliphatic carbocycles. The number of imidazole rings is 1. The number of aromatic nitrogens is 2. The Morgan fingerprint density at radius 3 is 2.63 bits per heavy atom. The van der Waals surface area contributed by atoms with E-state index >= 15 is 0 Å². The Labute approximate surface area is 225 Å². The predicted molar refractivity (Wildman–Crippen MR) is 146 cm³/mol. The Hall–Kier alpha value is -3.53. The summed E-state index contributed by atoms with van der Waals surface area (Å²) in [6, 6.07) is 23.7. The Morgan fingerprint density at radius 2 is 1.82 bits per heavy atom. The van der Waals surface area contributed by atoms with Crippen LogP contribution in [0.25, 0.3) is 27.0 Å². The quantitative estimate of drug-likeness (QED) is 0.178. The van der Waals surface area contributed by atoms with Crippen LogP contribution in [0.5, 0.6) is 0 Å². The van der Waals surface area contributed by atoms with Gasteiger partial charge in [0.05, 0.1) is 24.1 Å². The molecule has 0 N–H and O–H groups in total. The van der Waals surface area contributed by atoms with Gasteiger partial charge in [-0.2, -0.15) is 13.2 Å². The lowest BCUT2D eigenvalue weighted by Crippen LogP contribution is -2.19. The average Bonchev–Trinajstić information content (AvgIpc) is 3.65. The van der Waals surface area contributed by atoms with Crippen molar-refractivity contribution in [1.82, 2.24) is 13.7 Å². The first kappa shape index (κ1) is 24.8. The smallest absolute Gasteiger partial charge is 0.416 e. The molecule has 0 saturated heterocycles. The van der Waals surface area contributed by atoms with Crippen LogP contribution in [0, 0.1) is 0 Å². The van der Waals surface area contributed by atoms with Gasteiger partial charge < -0.3 is 4.42 Å². The summed E-state index contributed by atoms with van der Waals surface area (Å²) in [5.41, 5.74) is 2.41. The van der Waals surface area contributed by atoms with Gasteiger partial charge in [0, 0.05) is 40.7 Å². The zero-order valence-corrected chi connectivity index (χ0v) is 21.7. The van der Waals surface area contributed by atoms with E-state index in [1.54, 1.807) is 23.7 Å². The summed E-state index contributed by atoms with van der Waals surface area (Å²) < 4.78 is 49.4. The Kier molecular flexibility index (Phi) is 6.73. The first-order valence-electron chi connectivity index (χ1n) is 12.0. The highest BCUT2D eigenvalue weighted by Crippen LogP contribution is 2.34. The second-order valence-corrected chi connectivity index (χ2v) is 10.9. The van der Waals surface area contributed by atoms with Crippen molar-refractivity contribution in [1.29, 1.82) is 0 Å². The van der Waals surface area contributed by atoms with Gasteiger partial charge in [-0.15, -0.1) is 11.3 Å². The molecule has 3 heterocycles. The monoisotopic (exact) mass is 549 g/mol. The lowest BCUT2D eigenvalue weighted by Gasteiger charge is -2.20. The van der Waals surface area contributed by atoms with E-state index in [-0.39, 0.29) is 0 Å². The van der Waals surface area contributed by atoms with Gasteiger partial charge in [0.2, 0.25) is 0 Å². The van der Waals surface area contributed by atoms with Gasteiger partial charge in [-0.05, 0) is 59.1 Å². The molecule has 0 radical (unpaired) electrons. The van der Waals surface area contributed by atoms with Gasteiger partial charge >= 0.3 is 6.18 Å². The van der Waals surface area contributed by atoms with Crippen molar-refractivity contribution in [3.8, 4) is 11.3 Å². The minimum absolute atomic E-state index is 0.466. The third-order valence-electron chi connectivity index (χ3n) is 6.25. The topological polar surface area (TPSA) is 33.7 Å². The van der Waals surface area contributed by atoms with Crippen molar-refractivity contribution in [3.05, 3.63) is 114 Å². The first-order valence-corrected chi connectivity index (χ1v) is 13.6. The number of fused-ring (bicyclic) bond motifs is 2. The number of hydrogen-bond donors (Lipinski definition) is 0. The van der Waals surface area contributed by atoms with Gasteiger partial charge in [0.1, 0.15) is 5.76 Å². The maximum Gasteiger partial charge on any atom is 0.416 e. The standard InChI is InChI=1S/C29H22F3N3OS2/c30-29(31,32)23-7-3-9-26(16-23)38-34(17-25-8-4-14-36-25)13-12-24-19-37-28-33-27(18-35(24)28)22-11-10-20-5-1-2-6-21(20)15-22/h1-11,14-16,18-19H,12-13,17H2. The molecule has 0 amide bonds. The third kappa shape index (κ3) is 5.36. The molecule has 192 valence electrons. The van der Waals surface area contributed by atoms with Crippen molar-refractivity contribution in [2.24, 2.45) is 0 Å². The van der Waals surface area contributed by atoms with E-state index in [0.717, 1.165) is 33.7 Å². The van der Waals surface area contributed by atoms with Crippen molar-refractivity contribution in [2.45, 2.75) is 24.0 Å². The second-order valence-electron chi connectivity index (χ2n) is 8.88. The van der Waals surface area contributed by atoms with Gasteiger partial charge in [-0.1, -0.05) is 42.5 Å². The fourth-order valence-electron chi connectivity index (χ4n) is 4.35. The molecular weight excluding hydrogens is 527 g/mol. The van der Waals surface area contributed by atoms with Crippen LogP contribution in [0.1, 0.15) is 17.0 Å². The highest BCUT2D eigenvalue weighted by Gasteiger charge is 2.30. The number of furan rings is 1. The van der Waals surface area contributed by atoms with Crippen molar-refractivity contribution in [2.75, 3.05) is 6.54 Å². The Balaban J connectivity index is 1.22. The van der Waals surface area contributed by atoms with Crippen molar-refractivity contribution in [3.63, 3.8) is 0 Å². The molecule has 0 aliphatic heterocycles. The summed E-state index contributed by atoms with van der Waals surface area (Å²) in [4.78, 5) is 6.28. The third-order valence-corrected chi connectivity index (χ3v) is 8.18. The summed E-state index contributed by atoms with van der Waals surface area (Å²) in [6.07, 6.45) is -0.0260. The van der Waals surface area contributed by atoms with E-state index in [1.807, 2.05) is 28.6 Å². The molecule has 6 rings (SSSR count). The van der Waals surface area contributed by atoms with E-state index in [0.29, 0.717) is 24.4 Å². The summed E-state index contributed by atoms with van der Waals surface area (Å²) in [5.74, 6) is 0.751. The summed E-state index contributed by atoms with van der Waals surface area (Å²) in [5, 5.41) is 4.45. The summed E-state index contributed by atoms with van der Waals surface area (Å²) >= 11 is 2.88. The van der Waals surface area contributed by atoms with Gasteiger partial charge in [-0.25, -0.2) is 9.29 Å². The molecule has 0 unspecified atom stereocenters. The first-order chi connectivity index (χ1) is 18.4. The number of alkyl halides is 3. The molecule has 0 fully saturated rings. The van der Waals surface area contributed by atoms with E-state index in [4.69, 9.17) is 9.40 Å². The lowest BCUT2D eigenvalue weighted by atomic mass is 10.1. The zero-order valence-electron chi connectivity index (χ0n) is 20.1. The zero-order chi connectivity index (χ0) is 26.1. The number of benzene rings is 3. The van der Waals surface area contributed by atoms with E-state index < -0.39 is 11.7 Å². The van der Waals surface area contributed by atoms with Gasteiger partial charge in [0.15, 0.2) is 4.96 Å². The molecule has 3 aromatic carbocycles. The molecule has 0 spiro atoms. The average molecular weight is 550 g/mol. The molecule has 0 aliphatic rings.